The molecular formula is C15H19N3O2S. The molecular weight excluding hydrogens is 286 g/mol. The molecule has 112 valence electrons. The maximum Gasteiger partial charge on any atom is 0.341 e. The van der Waals surface area contributed by atoms with Gasteiger partial charge in [-0.05, 0) is 31.4 Å². The number of ether oxygens (including phenoxy) is 1. The number of nitrogens with two attached hydrogens (primary N) is 1. The molecule has 0 aliphatic heterocycles. The Morgan fingerprint density at radius 1 is 1.52 bits per heavy atom. The van der Waals surface area contributed by atoms with Crippen molar-refractivity contribution in [1.82, 2.24) is 4.98 Å². The van der Waals surface area contributed by atoms with Crippen molar-refractivity contribution in [3.05, 3.63) is 40.2 Å². The Kier molecular flexibility index (Phi) is 4.80. The lowest BCUT2D eigenvalue weighted by molar-refractivity contribution is 0.0601. The van der Waals surface area contributed by atoms with Gasteiger partial charge < -0.3 is 15.4 Å². The molecule has 0 atom stereocenters. The SMILES string of the molecule is COC(=O)c1cc(N)cnc1N(Cc1cccs1)C(C)C. The largest absolute Gasteiger partial charge is 0.465 e. The zero-order chi connectivity index (χ0) is 15.4. The van der Waals surface area contributed by atoms with E-state index in [4.69, 9.17) is 10.5 Å². The first-order valence-electron chi connectivity index (χ1n) is 6.65. The number of carbonyl (C=O) groups excluding carboxylic acids is 1. The quantitative estimate of drug-likeness (QED) is 0.860. The van der Waals surface area contributed by atoms with Crippen molar-refractivity contribution in [2.24, 2.45) is 0 Å². The van der Waals surface area contributed by atoms with Gasteiger partial charge in [0.1, 0.15) is 11.4 Å². The predicted octanol–water partition coefficient (Wildman–Crippen LogP) is 2.93. The zero-order valence-corrected chi connectivity index (χ0v) is 13.2. The van der Waals surface area contributed by atoms with Gasteiger partial charge in [0.25, 0.3) is 0 Å². The summed E-state index contributed by atoms with van der Waals surface area (Å²) < 4.78 is 4.84. The van der Waals surface area contributed by atoms with Crippen LogP contribution in [0.1, 0.15) is 29.1 Å². The molecule has 0 spiro atoms. The molecule has 21 heavy (non-hydrogen) atoms. The highest BCUT2D eigenvalue weighted by molar-refractivity contribution is 7.09. The van der Waals surface area contributed by atoms with E-state index in [0.717, 1.165) is 0 Å². The third-order valence-corrected chi connectivity index (χ3v) is 3.96. The van der Waals surface area contributed by atoms with Gasteiger partial charge in [-0.25, -0.2) is 9.78 Å². The van der Waals surface area contributed by atoms with E-state index in [-0.39, 0.29) is 6.04 Å². The molecule has 2 N–H and O–H groups in total. The number of aromatic nitrogens is 1. The van der Waals surface area contributed by atoms with Crippen LogP contribution in [0.25, 0.3) is 0 Å². The molecule has 0 aromatic carbocycles. The van der Waals surface area contributed by atoms with Crippen LogP contribution in [0.3, 0.4) is 0 Å². The fraction of sp³-hybridized carbons (Fsp3) is 0.333. The summed E-state index contributed by atoms with van der Waals surface area (Å²) in [5, 5.41) is 2.03. The molecule has 0 unspecified atom stereocenters. The normalized spacial score (nSPS) is 10.7. The molecule has 0 saturated carbocycles. The second-order valence-corrected chi connectivity index (χ2v) is 5.96. The molecule has 2 rings (SSSR count). The van der Waals surface area contributed by atoms with E-state index in [1.54, 1.807) is 23.6 Å². The van der Waals surface area contributed by atoms with Crippen molar-refractivity contribution in [3.63, 3.8) is 0 Å². The molecule has 0 aliphatic rings. The Balaban J connectivity index is 2.42. The highest BCUT2D eigenvalue weighted by Crippen LogP contribution is 2.25. The molecule has 0 saturated heterocycles. The van der Waals surface area contributed by atoms with Gasteiger partial charge in [0.2, 0.25) is 0 Å². The fourth-order valence-corrected chi connectivity index (χ4v) is 2.74. The van der Waals surface area contributed by atoms with Crippen LogP contribution >= 0.6 is 11.3 Å². The van der Waals surface area contributed by atoms with E-state index in [0.29, 0.717) is 23.6 Å². The summed E-state index contributed by atoms with van der Waals surface area (Å²) in [5.74, 6) is 0.168. The van der Waals surface area contributed by atoms with E-state index in [1.165, 1.54) is 12.0 Å². The number of carbonyl (C=O) groups is 1. The van der Waals surface area contributed by atoms with Crippen molar-refractivity contribution < 1.29 is 9.53 Å². The predicted molar refractivity (Wildman–Crippen MR) is 85.6 cm³/mol. The Morgan fingerprint density at radius 3 is 2.86 bits per heavy atom. The van der Waals surface area contributed by atoms with Crippen molar-refractivity contribution in [1.29, 1.82) is 0 Å². The highest BCUT2D eigenvalue weighted by atomic mass is 32.1. The Morgan fingerprint density at radius 2 is 2.29 bits per heavy atom. The van der Waals surface area contributed by atoms with Crippen molar-refractivity contribution in [2.45, 2.75) is 26.4 Å². The number of methoxy groups -OCH3 is 1. The number of nitrogen functional groups attached to an aromatic ring is 1. The van der Waals surface area contributed by atoms with E-state index >= 15 is 0 Å². The van der Waals surface area contributed by atoms with E-state index in [1.807, 2.05) is 11.4 Å². The van der Waals surface area contributed by atoms with Gasteiger partial charge in [0.05, 0.1) is 25.5 Å². The zero-order valence-electron chi connectivity index (χ0n) is 12.4. The van der Waals surface area contributed by atoms with Crippen LogP contribution in [0.4, 0.5) is 11.5 Å². The number of thiophene rings is 1. The minimum atomic E-state index is -0.429. The van der Waals surface area contributed by atoms with Crippen LogP contribution in [0.2, 0.25) is 0 Å². The van der Waals surface area contributed by atoms with Crippen LogP contribution in [-0.2, 0) is 11.3 Å². The summed E-state index contributed by atoms with van der Waals surface area (Å²) in [6.45, 7) is 4.82. The maximum absolute atomic E-state index is 12.0. The second kappa shape index (κ2) is 6.58. The Hall–Kier alpha value is -2.08. The minimum absolute atomic E-state index is 0.187. The van der Waals surface area contributed by atoms with Crippen LogP contribution in [0.5, 0.6) is 0 Å². The third-order valence-electron chi connectivity index (χ3n) is 3.09. The van der Waals surface area contributed by atoms with Crippen LogP contribution in [0.15, 0.2) is 29.8 Å². The summed E-state index contributed by atoms with van der Waals surface area (Å²) >= 11 is 1.68. The molecule has 0 aliphatic carbocycles. The molecule has 2 aromatic rings. The Labute approximate surface area is 128 Å². The van der Waals surface area contributed by atoms with Gasteiger partial charge in [-0.1, -0.05) is 6.07 Å². The number of esters is 1. The van der Waals surface area contributed by atoms with Crippen LogP contribution in [-0.4, -0.2) is 24.1 Å². The van der Waals surface area contributed by atoms with Crippen LogP contribution < -0.4 is 10.6 Å². The van der Waals surface area contributed by atoms with Gasteiger partial charge in [0, 0.05) is 10.9 Å². The average Bonchev–Trinajstić information content (AvgIpc) is 2.97. The average molecular weight is 305 g/mol. The summed E-state index contributed by atoms with van der Waals surface area (Å²) in [4.78, 5) is 19.6. The summed E-state index contributed by atoms with van der Waals surface area (Å²) in [6.07, 6.45) is 1.56. The summed E-state index contributed by atoms with van der Waals surface area (Å²) in [6, 6.07) is 5.87. The van der Waals surface area contributed by atoms with Gasteiger partial charge in [-0.3, -0.25) is 0 Å². The summed E-state index contributed by atoms with van der Waals surface area (Å²) in [7, 11) is 1.36. The van der Waals surface area contributed by atoms with Crippen LogP contribution in [0, 0.1) is 0 Å². The molecule has 0 bridgehead atoms. The molecule has 5 nitrogen and oxygen atoms in total. The fourth-order valence-electron chi connectivity index (χ4n) is 2.04. The Bertz CT molecular complexity index is 611. The van der Waals surface area contributed by atoms with E-state index in [9.17, 15) is 4.79 Å². The number of pyridine rings is 1. The molecule has 2 aromatic heterocycles. The molecule has 6 heteroatoms. The second-order valence-electron chi connectivity index (χ2n) is 4.93. The lowest BCUT2D eigenvalue weighted by Crippen LogP contribution is -2.32. The summed E-state index contributed by atoms with van der Waals surface area (Å²) in [5.41, 5.74) is 6.58. The standard InChI is InChI=1S/C15H19N3O2S/c1-10(2)18(9-12-5-4-6-21-12)14-13(15(19)20-3)7-11(16)8-17-14/h4-8,10H,9,16H2,1-3H3. The minimum Gasteiger partial charge on any atom is -0.465 e. The number of hydrogen-bond donors (Lipinski definition) is 1. The number of rotatable bonds is 5. The number of anilines is 2. The smallest absolute Gasteiger partial charge is 0.341 e. The monoisotopic (exact) mass is 305 g/mol. The maximum atomic E-state index is 12.0. The first-order valence-corrected chi connectivity index (χ1v) is 7.53. The third kappa shape index (κ3) is 3.52. The van der Waals surface area contributed by atoms with Gasteiger partial charge in [0.15, 0.2) is 0 Å². The van der Waals surface area contributed by atoms with Gasteiger partial charge in [-0.15, -0.1) is 11.3 Å². The number of hydrogen-bond acceptors (Lipinski definition) is 6. The molecule has 2 heterocycles. The van der Waals surface area contributed by atoms with E-state index in [2.05, 4.69) is 29.8 Å². The van der Waals surface area contributed by atoms with Crippen molar-refractivity contribution >= 4 is 28.8 Å². The molecule has 0 fully saturated rings. The highest BCUT2D eigenvalue weighted by Gasteiger charge is 2.21. The topological polar surface area (TPSA) is 68.5 Å². The van der Waals surface area contributed by atoms with E-state index < -0.39 is 5.97 Å². The van der Waals surface area contributed by atoms with Gasteiger partial charge >= 0.3 is 5.97 Å². The van der Waals surface area contributed by atoms with Crippen molar-refractivity contribution in [3.8, 4) is 0 Å². The molecule has 0 amide bonds. The lowest BCUT2D eigenvalue weighted by Gasteiger charge is -2.28. The first-order chi connectivity index (χ1) is 10.0. The number of nitrogens with zero attached hydrogens (tertiary/aromatic N) is 2. The van der Waals surface area contributed by atoms with Crippen molar-refractivity contribution in [2.75, 3.05) is 17.7 Å². The molecule has 0 radical (unpaired) electrons. The lowest BCUT2D eigenvalue weighted by atomic mass is 10.2. The first kappa shape index (κ1) is 15.3. The van der Waals surface area contributed by atoms with Gasteiger partial charge in [-0.2, -0.15) is 0 Å².